The van der Waals surface area contributed by atoms with Gasteiger partial charge >= 0.3 is 6.03 Å². The molecule has 0 unspecified atom stereocenters. The molecule has 0 heterocycles. The fourth-order valence-corrected chi connectivity index (χ4v) is 3.69. The molecule has 0 aromatic heterocycles. The molecule has 3 fully saturated rings. The molecule has 1 aromatic carbocycles. The molecule has 1 aromatic rings. The van der Waals surface area contributed by atoms with E-state index in [9.17, 15) is 14.0 Å². The zero-order valence-corrected chi connectivity index (χ0v) is 13.4. The summed E-state index contributed by atoms with van der Waals surface area (Å²) in [6.45, 7) is 0.136. The molecule has 6 nitrogen and oxygen atoms in total. The van der Waals surface area contributed by atoms with Crippen LogP contribution in [0, 0.1) is 5.82 Å². The number of amides is 3. The van der Waals surface area contributed by atoms with E-state index in [-0.39, 0.29) is 41.8 Å². The maximum Gasteiger partial charge on any atom is 0.312 e. The third-order valence-electron chi connectivity index (χ3n) is 4.56. The summed E-state index contributed by atoms with van der Waals surface area (Å²) < 4.78 is 13.3. The fourth-order valence-electron chi connectivity index (χ4n) is 3.69. The van der Waals surface area contributed by atoms with Gasteiger partial charge < -0.3 is 21.7 Å². The predicted molar refractivity (Wildman–Crippen MR) is 85.3 cm³/mol. The van der Waals surface area contributed by atoms with Gasteiger partial charge in [0.2, 0.25) is 5.91 Å². The summed E-state index contributed by atoms with van der Waals surface area (Å²) in [5.74, 6) is -0.571. The number of carbonyl (C=O) groups is 2. The Labute approximate surface area is 139 Å². The molecule has 2 bridgehead atoms. The minimum Gasteiger partial charge on any atom is -0.352 e. The van der Waals surface area contributed by atoms with Crippen molar-refractivity contribution in [3.8, 4) is 0 Å². The van der Waals surface area contributed by atoms with Crippen molar-refractivity contribution in [1.82, 2.24) is 10.2 Å². The molecule has 0 radical (unpaired) electrons. The van der Waals surface area contributed by atoms with E-state index in [4.69, 9.17) is 11.5 Å². The maximum absolute atomic E-state index is 13.3. The molecule has 23 heavy (non-hydrogen) atoms. The first kappa shape index (κ1) is 17.5. The smallest absolute Gasteiger partial charge is 0.312 e. The largest absolute Gasteiger partial charge is 0.352 e. The molecular weight excluding hydrogens is 323 g/mol. The van der Waals surface area contributed by atoms with Crippen LogP contribution in [0.1, 0.15) is 24.8 Å². The molecule has 3 aliphatic carbocycles. The molecular formula is C15H20ClFN4O2. The van der Waals surface area contributed by atoms with Crippen molar-refractivity contribution in [2.75, 3.05) is 6.54 Å². The molecule has 3 saturated carbocycles. The molecule has 3 aliphatic rings. The number of halogens is 2. The Morgan fingerprint density at radius 3 is 2.48 bits per heavy atom. The molecule has 126 valence electrons. The van der Waals surface area contributed by atoms with Crippen LogP contribution in [-0.2, 0) is 11.3 Å². The Morgan fingerprint density at radius 1 is 1.30 bits per heavy atom. The Kier molecular flexibility index (Phi) is 4.54. The summed E-state index contributed by atoms with van der Waals surface area (Å²) in [6.07, 6.45) is 2.24. The van der Waals surface area contributed by atoms with Crippen LogP contribution in [0.4, 0.5) is 9.18 Å². The van der Waals surface area contributed by atoms with E-state index in [1.165, 1.54) is 12.1 Å². The normalized spacial score (nSPS) is 27.0. The van der Waals surface area contributed by atoms with Crippen LogP contribution in [0.2, 0.25) is 0 Å². The second-order valence-electron chi connectivity index (χ2n) is 6.44. The van der Waals surface area contributed by atoms with Crippen molar-refractivity contribution < 1.29 is 14.0 Å². The second-order valence-corrected chi connectivity index (χ2v) is 6.44. The highest BCUT2D eigenvalue weighted by Gasteiger charge is 2.69. The monoisotopic (exact) mass is 342 g/mol. The van der Waals surface area contributed by atoms with E-state index in [1.54, 1.807) is 17.0 Å². The third-order valence-corrected chi connectivity index (χ3v) is 4.56. The van der Waals surface area contributed by atoms with Gasteiger partial charge in [0.15, 0.2) is 0 Å². The first-order valence-electron chi connectivity index (χ1n) is 7.19. The lowest BCUT2D eigenvalue weighted by molar-refractivity contribution is -0.182. The fraction of sp³-hybridized carbons (Fsp3) is 0.467. The average Bonchev–Trinajstić information content (AvgIpc) is 2.38. The highest BCUT2D eigenvalue weighted by atomic mass is 35.5. The Balaban J connectivity index is 0.00000192. The van der Waals surface area contributed by atoms with Crippen molar-refractivity contribution in [3.05, 3.63) is 35.6 Å². The van der Waals surface area contributed by atoms with Crippen LogP contribution in [-0.4, -0.2) is 34.5 Å². The Hall–Kier alpha value is -1.86. The number of rotatable bonds is 5. The summed E-state index contributed by atoms with van der Waals surface area (Å²) in [6, 6.07) is 5.41. The van der Waals surface area contributed by atoms with Gasteiger partial charge in [0, 0.05) is 17.6 Å². The number of urea groups is 1. The standard InChI is InChI=1S/C15H19FN4O2.ClH/c16-11-3-1-2-10(4-11)6-20(12(21)5-19-13(17)22)15-7-14(18,8-15)9-15;/h1-4H,5-9,18H2,(H3,17,19,22);1H. The number of nitrogens with zero attached hydrogens (tertiary/aromatic N) is 1. The van der Waals surface area contributed by atoms with Gasteiger partial charge in [-0.25, -0.2) is 9.18 Å². The average molecular weight is 343 g/mol. The number of hydrogen-bond donors (Lipinski definition) is 3. The Bertz CT molecular complexity index is 620. The molecule has 5 N–H and O–H groups in total. The number of primary amides is 1. The summed E-state index contributed by atoms with van der Waals surface area (Å²) in [4.78, 5) is 24.9. The zero-order chi connectivity index (χ0) is 16.0. The zero-order valence-electron chi connectivity index (χ0n) is 12.5. The van der Waals surface area contributed by atoms with E-state index >= 15 is 0 Å². The SMILES string of the molecule is Cl.NC(=O)NCC(=O)N(Cc1cccc(F)c1)C12CC(N)(C1)C2. The number of hydrogen-bond acceptors (Lipinski definition) is 3. The predicted octanol–water partition coefficient (Wildman–Crippen LogP) is 0.878. The quantitative estimate of drug-likeness (QED) is 0.740. The molecule has 3 amide bonds. The van der Waals surface area contributed by atoms with Crippen LogP contribution < -0.4 is 16.8 Å². The highest BCUT2D eigenvalue weighted by molar-refractivity contribution is 5.85. The van der Waals surface area contributed by atoms with Gasteiger partial charge in [-0.2, -0.15) is 0 Å². The summed E-state index contributed by atoms with van der Waals surface area (Å²) >= 11 is 0. The lowest BCUT2D eigenvalue weighted by Gasteiger charge is -2.72. The van der Waals surface area contributed by atoms with Gasteiger partial charge in [-0.1, -0.05) is 12.1 Å². The van der Waals surface area contributed by atoms with Gasteiger partial charge in [-0.15, -0.1) is 12.4 Å². The van der Waals surface area contributed by atoms with Crippen LogP contribution in [0.15, 0.2) is 24.3 Å². The van der Waals surface area contributed by atoms with E-state index in [0.29, 0.717) is 12.1 Å². The van der Waals surface area contributed by atoms with Crippen LogP contribution in [0.25, 0.3) is 0 Å². The molecule has 0 spiro atoms. The number of nitrogens with two attached hydrogens (primary N) is 2. The Morgan fingerprint density at radius 2 is 1.96 bits per heavy atom. The van der Waals surface area contributed by atoms with Gasteiger partial charge in [0.25, 0.3) is 0 Å². The van der Waals surface area contributed by atoms with E-state index in [1.807, 2.05) is 0 Å². The number of nitrogens with one attached hydrogen (secondary N) is 1. The van der Waals surface area contributed by atoms with E-state index in [2.05, 4.69) is 5.32 Å². The van der Waals surface area contributed by atoms with Crippen molar-refractivity contribution in [1.29, 1.82) is 0 Å². The van der Waals surface area contributed by atoms with Gasteiger partial charge in [0.1, 0.15) is 5.82 Å². The topological polar surface area (TPSA) is 101 Å². The van der Waals surface area contributed by atoms with Gasteiger partial charge in [0.05, 0.1) is 6.54 Å². The van der Waals surface area contributed by atoms with Crippen molar-refractivity contribution in [3.63, 3.8) is 0 Å². The molecule has 0 saturated heterocycles. The van der Waals surface area contributed by atoms with E-state index in [0.717, 1.165) is 19.3 Å². The second kappa shape index (κ2) is 5.98. The summed E-state index contributed by atoms with van der Waals surface area (Å²) in [5, 5.41) is 2.31. The number of carbonyl (C=O) groups excluding carboxylic acids is 2. The first-order valence-corrected chi connectivity index (χ1v) is 7.19. The minimum atomic E-state index is -0.744. The lowest BCUT2D eigenvalue weighted by Crippen LogP contribution is -2.82. The van der Waals surface area contributed by atoms with Gasteiger partial charge in [-0.3, -0.25) is 4.79 Å². The molecule has 0 aliphatic heterocycles. The van der Waals surface area contributed by atoms with Crippen molar-refractivity contribution in [2.24, 2.45) is 11.5 Å². The molecule has 8 heteroatoms. The lowest BCUT2D eigenvalue weighted by atomic mass is 9.44. The van der Waals surface area contributed by atoms with Crippen LogP contribution >= 0.6 is 12.4 Å². The van der Waals surface area contributed by atoms with Crippen molar-refractivity contribution >= 4 is 24.3 Å². The van der Waals surface area contributed by atoms with Gasteiger partial charge in [-0.05, 0) is 37.0 Å². The maximum atomic E-state index is 13.3. The molecule has 4 rings (SSSR count). The third kappa shape index (κ3) is 3.25. The van der Waals surface area contributed by atoms with E-state index < -0.39 is 6.03 Å². The summed E-state index contributed by atoms with van der Waals surface area (Å²) in [5.41, 5.74) is 11.4. The van der Waals surface area contributed by atoms with Crippen LogP contribution in [0.5, 0.6) is 0 Å². The number of benzene rings is 1. The highest BCUT2D eigenvalue weighted by Crippen LogP contribution is 2.62. The van der Waals surface area contributed by atoms with Crippen LogP contribution in [0.3, 0.4) is 0 Å². The molecule has 0 atom stereocenters. The summed E-state index contributed by atoms with van der Waals surface area (Å²) in [7, 11) is 0. The van der Waals surface area contributed by atoms with Crippen molar-refractivity contribution in [2.45, 2.75) is 36.9 Å². The first-order chi connectivity index (χ1) is 10.3. The minimum absolute atomic E-state index is 0.